The molecule has 1 amide bonds. The van der Waals surface area contributed by atoms with Gasteiger partial charge in [-0.05, 0) is 36.6 Å². The first-order valence-corrected chi connectivity index (χ1v) is 6.70. The summed E-state index contributed by atoms with van der Waals surface area (Å²) in [5, 5.41) is 25.6. The van der Waals surface area contributed by atoms with Crippen molar-refractivity contribution in [3.05, 3.63) is 40.3 Å². The molecular formula is C14H18N4O4. The fourth-order valence-corrected chi connectivity index (χ4v) is 1.81. The van der Waals surface area contributed by atoms with Gasteiger partial charge in [0.25, 0.3) is 0 Å². The molecule has 0 saturated carbocycles. The zero-order chi connectivity index (χ0) is 16.5. The van der Waals surface area contributed by atoms with Gasteiger partial charge in [0.1, 0.15) is 11.9 Å². The molecule has 0 aliphatic rings. The standard InChI is InChI=1S/C14H18N4O4/c1-9(19)8-13(21)17-11-4-2-10(3-5-11)14(22)12(20)6-7-16-18-15/h2-5,12,14,20,22H,6-8H2,1H3,(H,17,21). The Hall–Kier alpha value is -2.41. The lowest BCUT2D eigenvalue weighted by Gasteiger charge is -2.17. The number of rotatable bonds is 8. The van der Waals surface area contributed by atoms with E-state index in [1.807, 2.05) is 0 Å². The van der Waals surface area contributed by atoms with Crippen molar-refractivity contribution in [1.82, 2.24) is 0 Å². The second-order valence-corrected chi connectivity index (χ2v) is 4.80. The fourth-order valence-electron chi connectivity index (χ4n) is 1.81. The molecule has 0 saturated heterocycles. The number of hydrogen-bond donors (Lipinski definition) is 3. The lowest BCUT2D eigenvalue weighted by Crippen LogP contribution is -2.19. The predicted octanol–water partition coefficient (Wildman–Crippen LogP) is 1.70. The average molecular weight is 306 g/mol. The summed E-state index contributed by atoms with van der Waals surface area (Å²) in [7, 11) is 0. The van der Waals surface area contributed by atoms with E-state index < -0.39 is 18.1 Å². The number of nitrogens with zero attached hydrogens (tertiary/aromatic N) is 3. The number of aliphatic hydroxyl groups excluding tert-OH is 2. The number of hydrogen-bond acceptors (Lipinski definition) is 5. The topological polar surface area (TPSA) is 135 Å². The summed E-state index contributed by atoms with van der Waals surface area (Å²) in [6.07, 6.45) is -2.22. The Morgan fingerprint density at radius 3 is 2.50 bits per heavy atom. The Morgan fingerprint density at radius 1 is 1.32 bits per heavy atom. The molecule has 0 aliphatic heterocycles. The summed E-state index contributed by atoms with van der Waals surface area (Å²) in [5.41, 5.74) is 9.11. The van der Waals surface area contributed by atoms with Crippen molar-refractivity contribution in [2.24, 2.45) is 5.11 Å². The second kappa shape index (κ2) is 8.78. The molecule has 8 nitrogen and oxygen atoms in total. The number of azide groups is 1. The molecule has 1 rings (SSSR count). The van der Waals surface area contributed by atoms with Gasteiger partial charge in [-0.1, -0.05) is 17.2 Å². The fraction of sp³-hybridized carbons (Fsp3) is 0.429. The molecule has 0 bridgehead atoms. The SMILES string of the molecule is CC(=O)CC(=O)Nc1ccc(C(O)C(O)CCN=[N+]=[N-])cc1. The van der Waals surface area contributed by atoms with Crippen LogP contribution in [0, 0.1) is 0 Å². The van der Waals surface area contributed by atoms with E-state index in [0.717, 1.165) is 0 Å². The van der Waals surface area contributed by atoms with Crippen LogP contribution in [0.1, 0.15) is 31.4 Å². The van der Waals surface area contributed by atoms with Gasteiger partial charge in [0.15, 0.2) is 0 Å². The highest BCUT2D eigenvalue weighted by Gasteiger charge is 2.17. The summed E-state index contributed by atoms with van der Waals surface area (Å²) >= 11 is 0. The van der Waals surface area contributed by atoms with Crippen LogP contribution in [0.25, 0.3) is 10.4 Å². The van der Waals surface area contributed by atoms with Crippen molar-refractivity contribution < 1.29 is 19.8 Å². The van der Waals surface area contributed by atoms with Gasteiger partial charge in [0, 0.05) is 17.1 Å². The summed E-state index contributed by atoms with van der Waals surface area (Å²) in [6, 6.07) is 6.25. The predicted molar refractivity (Wildman–Crippen MR) is 80.0 cm³/mol. The van der Waals surface area contributed by atoms with Gasteiger partial charge in [-0.15, -0.1) is 0 Å². The van der Waals surface area contributed by atoms with Gasteiger partial charge in [0.2, 0.25) is 5.91 Å². The van der Waals surface area contributed by atoms with Crippen LogP contribution in [0.15, 0.2) is 29.4 Å². The molecule has 118 valence electrons. The number of aliphatic hydroxyl groups is 2. The molecule has 2 unspecified atom stereocenters. The van der Waals surface area contributed by atoms with E-state index in [1.165, 1.54) is 6.92 Å². The minimum atomic E-state index is -1.11. The largest absolute Gasteiger partial charge is 0.390 e. The van der Waals surface area contributed by atoms with Crippen LogP contribution in [-0.2, 0) is 9.59 Å². The minimum absolute atomic E-state index is 0.0912. The lowest BCUT2D eigenvalue weighted by molar-refractivity contribution is -0.124. The van der Waals surface area contributed by atoms with Gasteiger partial charge in [0.05, 0.1) is 12.5 Å². The molecule has 0 aromatic heterocycles. The summed E-state index contributed by atoms with van der Waals surface area (Å²) < 4.78 is 0. The monoisotopic (exact) mass is 306 g/mol. The first kappa shape index (κ1) is 17.6. The van der Waals surface area contributed by atoms with Crippen molar-refractivity contribution in [3.8, 4) is 0 Å². The van der Waals surface area contributed by atoms with Crippen LogP contribution in [0.5, 0.6) is 0 Å². The highest BCUT2D eigenvalue weighted by molar-refractivity contribution is 6.03. The molecule has 0 spiro atoms. The quantitative estimate of drug-likeness (QED) is 0.291. The Balaban J connectivity index is 2.61. The van der Waals surface area contributed by atoms with Crippen LogP contribution in [-0.4, -0.2) is 34.6 Å². The van der Waals surface area contributed by atoms with Crippen molar-refractivity contribution in [2.75, 3.05) is 11.9 Å². The van der Waals surface area contributed by atoms with Crippen molar-refractivity contribution in [2.45, 2.75) is 32.0 Å². The van der Waals surface area contributed by atoms with E-state index in [1.54, 1.807) is 24.3 Å². The Morgan fingerprint density at radius 2 is 1.95 bits per heavy atom. The molecule has 22 heavy (non-hydrogen) atoms. The number of carbonyl (C=O) groups excluding carboxylic acids is 2. The summed E-state index contributed by atoms with van der Waals surface area (Å²) in [6.45, 7) is 1.42. The Kier molecular flexibility index (Phi) is 7.04. The van der Waals surface area contributed by atoms with Gasteiger partial charge < -0.3 is 15.5 Å². The zero-order valence-corrected chi connectivity index (χ0v) is 12.1. The Bertz CT molecular complexity index is 567. The summed E-state index contributed by atoms with van der Waals surface area (Å²) in [4.78, 5) is 24.8. The maximum absolute atomic E-state index is 11.4. The maximum atomic E-state index is 11.4. The molecule has 0 aliphatic carbocycles. The van der Waals surface area contributed by atoms with Gasteiger partial charge in [-0.25, -0.2) is 0 Å². The zero-order valence-electron chi connectivity index (χ0n) is 12.1. The van der Waals surface area contributed by atoms with Crippen LogP contribution in [0.3, 0.4) is 0 Å². The van der Waals surface area contributed by atoms with E-state index in [2.05, 4.69) is 15.3 Å². The number of Topliss-reactive ketones (excluding diaryl/α,β-unsaturated/α-hetero) is 1. The van der Waals surface area contributed by atoms with Gasteiger partial charge in [-0.2, -0.15) is 0 Å². The Labute approximate surface area is 127 Å². The number of amides is 1. The van der Waals surface area contributed by atoms with E-state index >= 15 is 0 Å². The molecule has 0 fully saturated rings. The minimum Gasteiger partial charge on any atom is -0.390 e. The van der Waals surface area contributed by atoms with Crippen molar-refractivity contribution in [3.63, 3.8) is 0 Å². The molecule has 2 atom stereocenters. The molecule has 1 aromatic rings. The van der Waals surface area contributed by atoms with Crippen LogP contribution in [0.2, 0.25) is 0 Å². The maximum Gasteiger partial charge on any atom is 0.231 e. The second-order valence-electron chi connectivity index (χ2n) is 4.80. The van der Waals surface area contributed by atoms with Gasteiger partial charge >= 0.3 is 0 Å². The lowest BCUT2D eigenvalue weighted by atomic mass is 10.0. The van der Waals surface area contributed by atoms with Crippen LogP contribution >= 0.6 is 0 Å². The molecule has 3 N–H and O–H groups in total. The van der Waals surface area contributed by atoms with Crippen LogP contribution < -0.4 is 5.32 Å². The third kappa shape index (κ3) is 5.92. The van der Waals surface area contributed by atoms with E-state index in [0.29, 0.717) is 11.3 Å². The van der Waals surface area contributed by atoms with E-state index in [9.17, 15) is 19.8 Å². The normalized spacial score (nSPS) is 12.9. The molecule has 0 radical (unpaired) electrons. The van der Waals surface area contributed by atoms with Crippen LogP contribution in [0.4, 0.5) is 5.69 Å². The highest BCUT2D eigenvalue weighted by Crippen LogP contribution is 2.21. The number of carbonyl (C=O) groups is 2. The number of benzene rings is 1. The first-order chi connectivity index (χ1) is 10.4. The van der Waals surface area contributed by atoms with E-state index in [4.69, 9.17) is 5.53 Å². The van der Waals surface area contributed by atoms with Gasteiger partial charge in [-0.3, -0.25) is 9.59 Å². The molecular weight excluding hydrogens is 288 g/mol. The number of ketones is 1. The number of anilines is 1. The third-order valence-electron chi connectivity index (χ3n) is 2.90. The highest BCUT2D eigenvalue weighted by atomic mass is 16.3. The first-order valence-electron chi connectivity index (χ1n) is 6.70. The number of nitrogens with one attached hydrogen (secondary N) is 1. The molecule has 0 heterocycles. The third-order valence-corrected chi connectivity index (χ3v) is 2.90. The van der Waals surface area contributed by atoms with Crippen molar-refractivity contribution >= 4 is 17.4 Å². The molecule has 1 aromatic carbocycles. The average Bonchev–Trinajstić information content (AvgIpc) is 2.46. The van der Waals surface area contributed by atoms with Crippen molar-refractivity contribution in [1.29, 1.82) is 0 Å². The summed E-state index contributed by atoms with van der Waals surface area (Å²) in [5.74, 6) is -0.636. The van der Waals surface area contributed by atoms with E-state index in [-0.39, 0.29) is 25.2 Å². The molecule has 8 heteroatoms. The smallest absolute Gasteiger partial charge is 0.231 e.